The molecule has 0 bridgehead atoms. The maximum absolute atomic E-state index is 13.1. The number of fused-ring (bicyclic) bond motifs is 2. The summed E-state index contributed by atoms with van der Waals surface area (Å²) in [5.74, 6) is -0.0298. The molecule has 4 nitrogen and oxygen atoms in total. The number of carbonyl (C=O) groups excluding carboxylic acids is 2. The Morgan fingerprint density at radius 2 is 2.04 bits per heavy atom. The third kappa shape index (κ3) is 3.97. The zero-order valence-corrected chi connectivity index (χ0v) is 17.4. The van der Waals surface area contributed by atoms with Crippen molar-refractivity contribution in [1.82, 2.24) is 10.2 Å². The highest BCUT2D eigenvalue weighted by molar-refractivity contribution is 7.14. The van der Waals surface area contributed by atoms with Crippen molar-refractivity contribution in [2.45, 2.75) is 64.5 Å². The molecule has 2 aromatic rings. The Morgan fingerprint density at radius 3 is 2.85 bits per heavy atom. The molecular formula is C21H26N2O2S2. The molecule has 1 aliphatic carbocycles. The van der Waals surface area contributed by atoms with E-state index < -0.39 is 6.04 Å². The van der Waals surface area contributed by atoms with Crippen LogP contribution in [0.1, 0.15) is 63.2 Å². The van der Waals surface area contributed by atoms with Crippen LogP contribution < -0.4 is 5.32 Å². The summed E-state index contributed by atoms with van der Waals surface area (Å²) in [6.07, 6.45) is 7.06. The summed E-state index contributed by atoms with van der Waals surface area (Å²) in [4.78, 5) is 31.3. The molecule has 1 N–H and O–H groups in total. The summed E-state index contributed by atoms with van der Waals surface area (Å²) in [5, 5.41) is 5.14. The molecule has 0 radical (unpaired) electrons. The van der Waals surface area contributed by atoms with Crippen LogP contribution in [0.4, 0.5) is 0 Å². The van der Waals surface area contributed by atoms with Crippen molar-refractivity contribution < 1.29 is 9.59 Å². The van der Waals surface area contributed by atoms with Gasteiger partial charge in [-0.3, -0.25) is 9.59 Å². The third-order valence-electron chi connectivity index (χ3n) is 5.52. The average Bonchev–Trinajstić information content (AvgIpc) is 3.32. The van der Waals surface area contributed by atoms with Crippen LogP contribution in [0, 0.1) is 0 Å². The molecule has 4 rings (SSSR count). The van der Waals surface area contributed by atoms with Crippen molar-refractivity contribution in [1.29, 1.82) is 0 Å². The van der Waals surface area contributed by atoms with Crippen molar-refractivity contribution in [2.75, 3.05) is 6.54 Å². The number of hydrogen-bond donors (Lipinski definition) is 1. The first-order valence-electron chi connectivity index (χ1n) is 9.92. The molecule has 1 atom stereocenters. The van der Waals surface area contributed by atoms with Gasteiger partial charge in [0.15, 0.2) is 0 Å². The lowest BCUT2D eigenvalue weighted by Crippen LogP contribution is -2.49. The fourth-order valence-electron chi connectivity index (χ4n) is 4.03. The normalized spacial score (nSPS) is 17.1. The van der Waals surface area contributed by atoms with Gasteiger partial charge in [-0.15, -0.1) is 22.7 Å². The smallest absolute Gasteiger partial charge is 0.262 e. The molecule has 2 amide bonds. The summed E-state index contributed by atoms with van der Waals surface area (Å²) in [6, 6.07) is 3.73. The molecule has 1 aliphatic heterocycles. The Morgan fingerprint density at radius 1 is 1.19 bits per heavy atom. The zero-order chi connectivity index (χ0) is 18.8. The topological polar surface area (TPSA) is 49.4 Å². The molecule has 0 spiro atoms. The minimum atomic E-state index is -0.429. The predicted octanol–water partition coefficient (Wildman–Crippen LogP) is 4.17. The van der Waals surface area contributed by atoms with E-state index in [0.717, 1.165) is 37.1 Å². The fraction of sp³-hybridized carbons (Fsp3) is 0.524. The highest BCUT2D eigenvalue weighted by Crippen LogP contribution is 2.30. The van der Waals surface area contributed by atoms with Gasteiger partial charge in [0.25, 0.3) is 5.91 Å². The molecule has 2 aromatic heterocycles. The lowest BCUT2D eigenvalue weighted by molar-refractivity contribution is -0.134. The van der Waals surface area contributed by atoms with E-state index >= 15 is 0 Å². The summed E-state index contributed by atoms with van der Waals surface area (Å²) < 4.78 is 0. The van der Waals surface area contributed by atoms with Gasteiger partial charge in [0.1, 0.15) is 6.04 Å². The highest BCUT2D eigenvalue weighted by Gasteiger charge is 2.29. The molecule has 6 heteroatoms. The van der Waals surface area contributed by atoms with Crippen LogP contribution in [0.15, 0.2) is 17.5 Å². The summed E-state index contributed by atoms with van der Waals surface area (Å²) in [5.41, 5.74) is 2.59. The second-order valence-corrected chi connectivity index (χ2v) is 9.60. The van der Waals surface area contributed by atoms with Crippen molar-refractivity contribution >= 4 is 34.5 Å². The van der Waals surface area contributed by atoms with E-state index in [1.165, 1.54) is 33.7 Å². The molecule has 0 fully saturated rings. The maximum atomic E-state index is 13.1. The number of thiophene rings is 2. The molecule has 3 heterocycles. The Hall–Kier alpha value is -1.66. The van der Waals surface area contributed by atoms with Gasteiger partial charge in [-0.25, -0.2) is 0 Å². The molecule has 0 aromatic carbocycles. The summed E-state index contributed by atoms with van der Waals surface area (Å²) in [6.45, 7) is 3.47. The van der Waals surface area contributed by atoms with E-state index in [-0.39, 0.29) is 11.8 Å². The highest BCUT2D eigenvalue weighted by atomic mass is 32.1. The first kappa shape index (κ1) is 18.7. The van der Waals surface area contributed by atoms with Gasteiger partial charge in [-0.05, 0) is 67.2 Å². The second kappa shape index (κ2) is 8.15. The lowest BCUT2D eigenvalue weighted by atomic mass is 9.99. The van der Waals surface area contributed by atoms with Crippen LogP contribution in [0.25, 0.3) is 0 Å². The molecule has 1 unspecified atom stereocenters. The second-order valence-electron chi connectivity index (χ2n) is 7.46. The SMILES string of the molecule is CCCC(NC(=O)c1cc2c(s1)CCCC2)C(=O)N1CCc2sccc2C1. The van der Waals surface area contributed by atoms with Crippen molar-refractivity contribution in [2.24, 2.45) is 0 Å². The predicted molar refractivity (Wildman–Crippen MR) is 111 cm³/mol. The molecule has 27 heavy (non-hydrogen) atoms. The minimum absolute atomic E-state index is 0.0587. The van der Waals surface area contributed by atoms with Crippen LogP contribution in [0.3, 0.4) is 0 Å². The number of nitrogens with one attached hydrogen (secondary N) is 1. The quantitative estimate of drug-likeness (QED) is 0.816. The van der Waals surface area contributed by atoms with Gasteiger partial charge in [0, 0.05) is 22.8 Å². The zero-order valence-electron chi connectivity index (χ0n) is 15.8. The van der Waals surface area contributed by atoms with E-state index in [0.29, 0.717) is 13.0 Å². The first-order valence-corrected chi connectivity index (χ1v) is 11.6. The largest absolute Gasteiger partial charge is 0.340 e. The van der Waals surface area contributed by atoms with Gasteiger partial charge in [0.05, 0.1) is 4.88 Å². The third-order valence-corrected chi connectivity index (χ3v) is 7.78. The Kier molecular flexibility index (Phi) is 5.64. The first-order chi connectivity index (χ1) is 13.2. The van der Waals surface area contributed by atoms with Gasteiger partial charge < -0.3 is 10.2 Å². The minimum Gasteiger partial charge on any atom is -0.340 e. The fourth-order valence-corrected chi connectivity index (χ4v) is 6.08. The van der Waals surface area contributed by atoms with Gasteiger partial charge in [-0.2, -0.15) is 0 Å². The molecule has 0 saturated heterocycles. The van der Waals surface area contributed by atoms with Gasteiger partial charge in [0.2, 0.25) is 5.91 Å². The summed E-state index contributed by atoms with van der Waals surface area (Å²) >= 11 is 3.38. The van der Waals surface area contributed by atoms with Crippen LogP contribution >= 0.6 is 22.7 Å². The van der Waals surface area contributed by atoms with Gasteiger partial charge >= 0.3 is 0 Å². The number of nitrogens with zero attached hydrogens (tertiary/aromatic N) is 1. The average molecular weight is 403 g/mol. The van der Waals surface area contributed by atoms with Crippen molar-refractivity contribution in [3.63, 3.8) is 0 Å². The monoisotopic (exact) mass is 402 g/mol. The number of carbonyl (C=O) groups is 2. The molecule has 2 aliphatic rings. The number of rotatable bonds is 5. The Balaban J connectivity index is 1.45. The van der Waals surface area contributed by atoms with E-state index in [1.54, 1.807) is 22.7 Å². The lowest BCUT2D eigenvalue weighted by Gasteiger charge is -2.30. The van der Waals surface area contributed by atoms with E-state index in [2.05, 4.69) is 23.7 Å². The Bertz CT molecular complexity index is 816. The van der Waals surface area contributed by atoms with Crippen molar-refractivity contribution in [3.05, 3.63) is 43.3 Å². The van der Waals surface area contributed by atoms with E-state index in [9.17, 15) is 9.59 Å². The molecule has 144 valence electrons. The maximum Gasteiger partial charge on any atom is 0.262 e. The van der Waals surface area contributed by atoms with E-state index in [1.807, 2.05) is 11.0 Å². The number of amides is 2. The van der Waals surface area contributed by atoms with E-state index in [4.69, 9.17) is 0 Å². The van der Waals surface area contributed by atoms with Crippen LogP contribution in [-0.2, 0) is 30.6 Å². The Labute approximate surface area is 168 Å². The number of aryl methyl sites for hydroxylation is 2. The molecule has 0 saturated carbocycles. The van der Waals surface area contributed by atoms with Crippen LogP contribution in [0.2, 0.25) is 0 Å². The molecular weight excluding hydrogens is 376 g/mol. The van der Waals surface area contributed by atoms with Gasteiger partial charge in [-0.1, -0.05) is 13.3 Å². The van der Waals surface area contributed by atoms with Crippen molar-refractivity contribution in [3.8, 4) is 0 Å². The summed E-state index contributed by atoms with van der Waals surface area (Å²) in [7, 11) is 0. The number of hydrogen-bond acceptors (Lipinski definition) is 4. The van der Waals surface area contributed by atoms with Crippen LogP contribution in [0.5, 0.6) is 0 Å². The standard InChI is InChI=1S/C21H26N2O2S2/c1-2-5-16(21(25)23-10-8-17-15(13-23)9-11-26-17)22-20(24)19-12-14-6-3-4-7-18(14)27-19/h9,11-12,16H,2-8,10,13H2,1H3,(H,22,24). The van der Waals surface area contributed by atoms with Crippen LogP contribution in [-0.4, -0.2) is 29.3 Å².